The van der Waals surface area contributed by atoms with E-state index in [0.717, 1.165) is 15.8 Å². The number of nitrogens with zero attached hydrogens (tertiary/aromatic N) is 4. The maximum Gasteiger partial charge on any atom is 0.409 e. The van der Waals surface area contributed by atoms with Gasteiger partial charge in [0.25, 0.3) is 5.56 Å². The molecule has 0 spiro atoms. The molecule has 2 heterocycles. The summed E-state index contributed by atoms with van der Waals surface area (Å²) in [5, 5.41) is 12.3. The van der Waals surface area contributed by atoms with Gasteiger partial charge in [0.05, 0.1) is 22.9 Å². The van der Waals surface area contributed by atoms with Crippen LogP contribution in [0, 0.1) is 0 Å². The molecule has 0 unspecified atom stereocenters. The number of rotatable bonds is 8. The Balaban J connectivity index is 1.42. The van der Waals surface area contributed by atoms with Crippen molar-refractivity contribution in [2.24, 2.45) is 0 Å². The molecule has 0 aliphatic heterocycles. The Labute approximate surface area is 222 Å². The molecule has 2 aromatic heterocycles. The number of amides is 1. The minimum absolute atomic E-state index is 0.339. The van der Waals surface area contributed by atoms with E-state index in [1.165, 1.54) is 12.1 Å². The molecule has 0 aliphatic carbocycles. The average molecular weight is 530 g/mol. The highest BCUT2D eigenvalue weighted by atomic mass is 35.5. The molecule has 0 atom stereocenters. The van der Waals surface area contributed by atoms with Crippen LogP contribution in [-0.2, 0) is 19.5 Å². The van der Waals surface area contributed by atoms with Crippen LogP contribution in [0.4, 0.5) is 10.5 Å². The summed E-state index contributed by atoms with van der Waals surface area (Å²) in [6.07, 6.45) is 3.75. The van der Waals surface area contributed by atoms with Crippen molar-refractivity contribution >= 4 is 34.3 Å². The minimum Gasteiger partial charge on any atom is -0.465 e. The number of aromatic nitrogens is 4. The number of hydrogen-bond acceptors (Lipinski definition) is 4. The van der Waals surface area contributed by atoms with Crippen LogP contribution in [0.3, 0.4) is 0 Å². The number of anilines is 1. The first-order chi connectivity index (χ1) is 18.4. The molecule has 2 N–H and O–H groups in total. The summed E-state index contributed by atoms with van der Waals surface area (Å²) in [5.41, 5.74) is 2.52. The molecular weight excluding hydrogens is 506 g/mol. The predicted molar refractivity (Wildman–Crippen MR) is 147 cm³/mol. The van der Waals surface area contributed by atoms with Gasteiger partial charge in [-0.1, -0.05) is 35.9 Å². The van der Waals surface area contributed by atoms with E-state index in [4.69, 9.17) is 16.7 Å². The monoisotopic (exact) mass is 529 g/mol. The molecule has 0 saturated heterocycles. The van der Waals surface area contributed by atoms with E-state index in [2.05, 4.69) is 14.9 Å². The van der Waals surface area contributed by atoms with E-state index in [9.17, 15) is 14.4 Å². The van der Waals surface area contributed by atoms with Crippen LogP contribution >= 0.6 is 11.6 Å². The standard InChI is InChI=1S/C28H24ClN5O4/c29-20-9-7-19(8-10-20)17-32-18-30-16-23(32)4-3-15-33-25-6-2-1-5-24(25)26(35)34(28(33)38)22-13-11-21(12-14-22)31-27(36)37/h1-2,5-14,16,18,31H,3-4,15,17H2,(H,36,37). The number of para-hydroxylation sites is 1. The molecule has 10 heteroatoms. The molecule has 0 bridgehead atoms. The molecule has 38 heavy (non-hydrogen) atoms. The van der Waals surface area contributed by atoms with Crippen LogP contribution in [0.5, 0.6) is 0 Å². The maximum atomic E-state index is 13.6. The Bertz CT molecular complexity index is 1720. The van der Waals surface area contributed by atoms with Crippen molar-refractivity contribution in [1.29, 1.82) is 0 Å². The SMILES string of the molecule is O=C(O)Nc1ccc(-n2c(=O)c3ccccc3n(CCCc3cncn3Cc3ccc(Cl)cc3)c2=O)cc1. The summed E-state index contributed by atoms with van der Waals surface area (Å²) in [7, 11) is 0. The second-order valence-electron chi connectivity index (χ2n) is 8.81. The lowest BCUT2D eigenvalue weighted by atomic mass is 10.2. The van der Waals surface area contributed by atoms with Gasteiger partial charge in [0.15, 0.2) is 0 Å². The first-order valence-corrected chi connectivity index (χ1v) is 12.4. The van der Waals surface area contributed by atoms with E-state index in [1.54, 1.807) is 47.3 Å². The molecule has 5 aromatic rings. The molecule has 1 amide bonds. The number of fused-ring (bicyclic) bond motifs is 1. The Morgan fingerprint density at radius 1 is 0.974 bits per heavy atom. The van der Waals surface area contributed by atoms with Gasteiger partial charge in [-0.2, -0.15) is 0 Å². The number of halogens is 1. The zero-order valence-electron chi connectivity index (χ0n) is 20.3. The summed E-state index contributed by atoms with van der Waals surface area (Å²) >= 11 is 6.00. The Kier molecular flexibility index (Phi) is 7.10. The number of carbonyl (C=O) groups is 1. The summed E-state index contributed by atoms with van der Waals surface area (Å²) < 4.78 is 4.80. The van der Waals surface area contributed by atoms with Gasteiger partial charge in [-0.25, -0.2) is 19.1 Å². The number of imidazole rings is 1. The van der Waals surface area contributed by atoms with Gasteiger partial charge in [0.1, 0.15) is 0 Å². The topological polar surface area (TPSA) is 111 Å². The third-order valence-corrected chi connectivity index (χ3v) is 6.56. The summed E-state index contributed by atoms with van der Waals surface area (Å²) in [6, 6.07) is 20.8. The highest BCUT2D eigenvalue weighted by Crippen LogP contribution is 2.16. The van der Waals surface area contributed by atoms with E-state index in [-0.39, 0.29) is 0 Å². The van der Waals surface area contributed by atoms with Crippen LogP contribution < -0.4 is 16.6 Å². The molecule has 0 radical (unpaired) electrons. The lowest BCUT2D eigenvalue weighted by molar-refractivity contribution is 0.209. The number of carboxylic acid groups (broad SMARTS) is 1. The van der Waals surface area contributed by atoms with Crippen LogP contribution in [0.2, 0.25) is 5.02 Å². The molecule has 5 rings (SSSR count). The number of aryl methyl sites for hydroxylation is 2. The molecule has 0 saturated carbocycles. The number of nitrogens with one attached hydrogen (secondary N) is 1. The third-order valence-electron chi connectivity index (χ3n) is 6.31. The molecule has 3 aromatic carbocycles. The quantitative estimate of drug-likeness (QED) is 0.301. The van der Waals surface area contributed by atoms with Gasteiger partial charge in [0, 0.05) is 35.7 Å². The van der Waals surface area contributed by atoms with Crippen molar-refractivity contribution in [1.82, 2.24) is 18.7 Å². The van der Waals surface area contributed by atoms with Crippen LogP contribution in [0.15, 0.2) is 94.9 Å². The Morgan fingerprint density at radius 2 is 1.71 bits per heavy atom. The van der Waals surface area contributed by atoms with Crippen LogP contribution in [0.25, 0.3) is 16.6 Å². The zero-order valence-corrected chi connectivity index (χ0v) is 21.0. The van der Waals surface area contributed by atoms with Crippen molar-refractivity contribution in [3.63, 3.8) is 0 Å². The van der Waals surface area contributed by atoms with Crippen LogP contribution in [-0.4, -0.2) is 29.9 Å². The molecular formula is C28H24ClN5O4. The normalized spacial score (nSPS) is 11.1. The van der Waals surface area contributed by atoms with Crippen LogP contribution in [0.1, 0.15) is 17.7 Å². The average Bonchev–Trinajstić information content (AvgIpc) is 3.35. The van der Waals surface area contributed by atoms with Gasteiger partial charge in [-0.3, -0.25) is 14.7 Å². The van der Waals surface area contributed by atoms with Crippen molar-refractivity contribution in [3.05, 3.63) is 122 Å². The number of hydrogen-bond donors (Lipinski definition) is 2. The second-order valence-corrected chi connectivity index (χ2v) is 9.25. The third kappa shape index (κ3) is 5.23. The lowest BCUT2D eigenvalue weighted by Crippen LogP contribution is -2.39. The predicted octanol–water partition coefficient (Wildman–Crippen LogP) is 4.77. The summed E-state index contributed by atoms with van der Waals surface area (Å²) in [6.45, 7) is 1.05. The maximum absolute atomic E-state index is 13.6. The fourth-order valence-corrected chi connectivity index (χ4v) is 4.61. The highest BCUT2D eigenvalue weighted by Gasteiger charge is 2.15. The van der Waals surface area contributed by atoms with E-state index in [0.29, 0.717) is 53.2 Å². The lowest BCUT2D eigenvalue weighted by Gasteiger charge is -2.15. The van der Waals surface area contributed by atoms with Gasteiger partial charge in [0.2, 0.25) is 0 Å². The fourth-order valence-electron chi connectivity index (χ4n) is 4.49. The largest absolute Gasteiger partial charge is 0.465 e. The Hall–Kier alpha value is -4.63. The van der Waals surface area contributed by atoms with E-state index in [1.807, 2.05) is 30.5 Å². The molecule has 0 fully saturated rings. The van der Waals surface area contributed by atoms with Gasteiger partial charge >= 0.3 is 11.8 Å². The zero-order chi connectivity index (χ0) is 26.6. The van der Waals surface area contributed by atoms with Gasteiger partial charge in [-0.15, -0.1) is 0 Å². The van der Waals surface area contributed by atoms with Crippen molar-refractivity contribution in [2.45, 2.75) is 25.9 Å². The van der Waals surface area contributed by atoms with Crippen molar-refractivity contribution in [3.8, 4) is 5.69 Å². The van der Waals surface area contributed by atoms with Gasteiger partial charge in [-0.05, 0) is 66.9 Å². The molecule has 192 valence electrons. The Morgan fingerprint density at radius 3 is 2.45 bits per heavy atom. The second kappa shape index (κ2) is 10.8. The fraction of sp³-hybridized carbons (Fsp3) is 0.143. The first kappa shape index (κ1) is 25.0. The molecule has 9 nitrogen and oxygen atoms in total. The van der Waals surface area contributed by atoms with E-state index < -0.39 is 17.3 Å². The van der Waals surface area contributed by atoms with Crippen molar-refractivity contribution in [2.75, 3.05) is 5.32 Å². The minimum atomic E-state index is -1.20. The van der Waals surface area contributed by atoms with Crippen molar-refractivity contribution < 1.29 is 9.90 Å². The first-order valence-electron chi connectivity index (χ1n) is 12.0. The summed E-state index contributed by atoms with van der Waals surface area (Å²) in [5.74, 6) is 0. The number of benzene rings is 3. The van der Waals surface area contributed by atoms with E-state index >= 15 is 0 Å². The smallest absolute Gasteiger partial charge is 0.409 e. The highest BCUT2D eigenvalue weighted by molar-refractivity contribution is 6.30. The van der Waals surface area contributed by atoms with Gasteiger partial charge < -0.3 is 9.67 Å². The summed E-state index contributed by atoms with van der Waals surface area (Å²) in [4.78, 5) is 42.1. The molecule has 0 aliphatic rings.